The van der Waals surface area contributed by atoms with E-state index in [1.54, 1.807) is 5.57 Å². The van der Waals surface area contributed by atoms with Crippen LogP contribution in [0.1, 0.15) is 24.0 Å². The Bertz CT molecular complexity index is 1250. The summed E-state index contributed by atoms with van der Waals surface area (Å²) in [7, 11) is 0. The average molecular weight is 450 g/mol. The summed E-state index contributed by atoms with van der Waals surface area (Å²) in [4.78, 5) is 0. The van der Waals surface area contributed by atoms with Crippen molar-refractivity contribution in [3.8, 4) is 11.1 Å². The van der Waals surface area contributed by atoms with Crippen molar-refractivity contribution in [1.82, 2.24) is 0 Å². The molecule has 0 saturated carbocycles. The van der Waals surface area contributed by atoms with Gasteiger partial charge in [-0.25, -0.2) is 0 Å². The normalized spacial score (nSPS) is 19.3. The molecule has 0 saturated heterocycles. The Balaban J connectivity index is 0.00000181. The van der Waals surface area contributed by atoms with Crippen LogP contribution in [0.2, 0.25) is 0 Å². The molecule has 29 heavy (non-hydrogen) atoms. The molecular formula is C28H22Zr. The minimum absolute atomic E-state index is 0. The number of rotatable bonds is 2. The molecule has 138 valence electrons. The maximum absolute atomic E-state index is 2.44. The zero-order valence-electron chi connectivity index (χ0n) is 16.5. The van der Waals surface area contributed by atoms with E-state index in [1.165, 1.54) is 38.3 Å². The van der Waals surface area contributed by atoms with Crippen LogP contribution in [0, 0.1) is 11.8 Å². The van der Waals surface area contributed by atoms with E-state index in [2.05, 4.69) is 104 Å². The van der Waals surface area contributed by atoms with Crippen molar-refractivity contribution in [3.05, 3.63) is 119 Å². The summed E-state index contributed by atoms with van der Waals surface area (Å²) in [6.07, 6.45) is 9.08. The zero-order chi connectivity index (χ0) is 18.7. The van der Waals surface area contributed by atoms with Crippen LogP contribution < -0.4 is 10.4 Å². The van der Waals surface area contributed by atoms with Crippen molar-refractivity contribution in [1.29, 1.82) is 0 Å². The minimum Gasteiger partial charge on any atom is -0.0729 e. The van der Waals surface area contributed by atoms with Gasteiger partial charge in [-0.3, -0.25) is 0 Å². The second-order valence-electron chi connectivity index (χ2n) is 8.12. The van der Waals surface area contributed by atoms with Gasteiger partial charge in [0.1, 0.15) is 0 Å². The second kappa shape index (κ2) is 7.22. The van der Waals surface area contributed by atoms with Crippen LogP contribution in [-0.2, 0) is 26.2 Å². The van der Waals surface area contributed by atoms with Crippen LogP contribution in [0.25, 0.3) is 22.3 Å². The van der Waals surface area contributed by atoms with Gasteiger partial charge in [0, 0.05) is 38.0 Å². The van der Waals surface area contributed by atoms with E-state index in [1.807, 2.05) is 0 Å². The molecule has 0 aromatic heterocycles. The molecule has 0 aliphatic heterocycles. The van der Waals surface area contributed by atoms with Gasteiger partial charge in [0.25, 0.3) is 0 Å². The molecule has 0 nitrogen and oxygen atoms in total. The summed E-state index contributed by atoms with van der Waals surface area (Å²) in [6, 6.07) is 26.9. The van der Waals surface area contributed by atoms with E-state index < -0.39 is 0 Å². The molecule has 3 aliphatic carbocycles. The molecule has 0 heterocycles. The number of hydrogen-bond donors (Lipinski definition) is 0. The third kappa shape index (κ3) is 2.67. The van der Waals surface area contributed by atoms with E-state index in [4.69, 9.17) is 0 Å². The molecule has 0 bridgehead atoms. The topological polar surface area (TPSA) is 0 Å². The fourth-order valence-electron chi connectivity index (χ4n) is 5.67. The van der Waals surface area contributed by atoms with E-state index in [9.17, 15) is 0 Å². The van der Waals surface area contributed by atoms with Gasteiger partial charge < -0.3 is 0 Å². The SMILES string of the molecule is CC(C1=c2ccccc2=C2C=CC=CC21)C1c2ccccc2-c2ccccc21.[Zr]. The first-order valence-corrected chi connectivity index (χ1v) is 10.2. The van der Waals surface area contributed by atoms with E-state index >= 15 is 0 Å². The largest absolute Gasteiger partial charge is 0.0729 e. The summed E-state index contributed by atoms with van der Waals surface area (Å²) >= 11 is 0. The minimum atomic E-state index is 0. The zero-order valence-corrected chi connectivity index (χ0v) is 18.9. The van der Waals surface area contributed by atoms with Crippen LogP contribution in [0.3, 0.4) is 0 Å². The van der Waals surface area contributed by atoms with Gasteiger partial charge in [0.2, 0.25) is 0 Å². The molecule has 0 radical (unpaired) electrons. The van der Waals surface area contributed by atoms with Gasteiger partial charge in [-0.2, -0.15) is 0 Å². The maximum Gasteiger partial charge on any atom is 0.0249 e. The van der Waals surface area contributed by atoms with Crippen molar-refractivity contribution in [2.75, 3.05) is 0 Å². The molecule has 3 aromatic rings. The quantitative estimate of drug-likeness (QED) is 0.505. The molecule has 0 N–H and O–H groups in total. The summed E-state index contributed by atoms with van der Waals surface area (Å²) in [6.45, 7) is 2.44. The average Bonchev–Trinajstić information content (AvgIpc) is 3.27. The molecule has 2 unspecified atom stereocenters. The summed E-state index contributed by atoms with van der Waals surface area (Å²) in [5.41, 5.74) is 8.80. The first-order valence-electron chi connectivity index (χ1n) is 10.2. The van der Waals surface area contributed by atoms with Crippen molar-refractivity contribution >= 4 is 11.1 Å². The Morgan fingerprint density at radius 1 is 0.690 bits per heavy atom. The van der Waals surface area contributed by atoms with Crippen LogP contribution in [-0.4, -0.2) is 0 Å². The van der Waals surface area contributed by atoms with Crippen LogP contribution in [0.4, 0.5) is 0 Å². The van der Waals surface area contributed by atoms with Gasteiger partial charge >= 0.3 is 0 Å². The molecular weight excluding hydrogens is 428 g/mol. The number of hydrogen-bond acceptors (Lipinski definition) is 0. The van der Waals surface area contributed by atoms with Gasteiger partial charge in [0.05, 0.1) is 0 Å². The predicted octanol–water partition coefficient (Wildman–Crippen LogP) is 5.19. The molecule has 0 amide bonds. The van der Waals surface area contributed by atoms with Crippen LogP contribution >= 0.6 is 0 Å². The van der Waals surface area contributed by atoms with Crippen molar-refractivity contribution < 1.29 is 26.2 Å². The Morgan fingerprint density at radius 3 is 1.97 bits per heavy atom. The fourth-order valence-corrected chi connectivity index (χ4v) is 5.67. The summed E-state index contributed by atoms with van der Waals surface area (Å²) < 4.78 is 0. The van der Waals surface area contributed by atoms with E-state index in [0.29, 0.717) is 17.8 Å². The summed E-state index contributed by atoms with van der Waals surface area (Å²) in [5.74, 6) is 1.25. The third-order valence-corrected chi connectivity index (χ3v) is 6.78. The fraction of sp³-hybridized carbons (Fsp3) is 0.143. The Hall–Kier alpha value is -2.24. The number of allylic oxidation sites excluding steroid dienone is 4. The van der Waals surface area contributed by atoms with Gasteiger partial charge in [-0.15, -0.1) is 0 Å². The Morgan fingerprint density at radius 2 is 1.28 bits per heavy atom. The molecule has 2 atom stereocenters. The molecule has 0 fully saturated rings. The van der Waals surface area contributed by atoms with Crippen molar-refractivity contribution in [3.63, 3.8) is 0 Å². The van der Waals surface area contributed by atoms with Crippen molar-refractivity contribution in [2.24, 2.45) is 11.8 Å². The molecule has 0 spiro atoms. The first-order chi connectivity index (χ1) is 13.8. The Kier molecular flexibility index (Phi) is 4.68. The number of fused-ring (bicyclic) bond motifs is 5. The molecule has 3 aromatic carbocycles. The Labute approximate surface area is 191 Å². The van der Waals surface area contributed by atoms with E-state index in [-0.39, 0.29) is 26.2 Å². The third-order valence-electron chi connectivity index (χ3n) is 6.78. The van der Waals surface area contributed by atoms with Crippen molar-refractivity contribution in [2.45, 2.75) is 12.8 Å². The molecule has 6 rings (SSSR count). The monoisotopic (exact) mass is 448 g/mol. The van der Waals surface area contributed by atoms with Crippen LogP contribution in [0.5, 0.6) is 0 Å². The van der Waals surface area contributed by atoms with E-state index in [0.717, 1.165) is 0 Å². The molecule has 1 heteroatoms. The van der Waals surface area contributed by atoms with Gasteiger partial charge in [-0.05, 0) is 49.8 Å². The maximum atomic E-state index is 2.44. The van der Waals surface area contributed by atoms with Gasteiger partial charge in [-0.1, -0.05) is 104 Å². The standard InChI is InChI=1S/C28H22.Zr/c1-18(27-23-14-6-2-10-19(23)20-11-3-7-15-24(20)27)28-25-16-8-4-12-21(25)22-13-5-9-17-26(22)28;/h2-18,23,28H,1H3;. The first kappa shape index (κ1) is 18.8. The predicted molar refractivity (Wildman–Crippen MR) is 117 cm³/mol. The summed E-state index contributed by atoms with van der Waals surface area (Å²) in [5, 5.41) is 2.85. The smallest absolute Gasteiger partial charge is 0.0249 e. The van der Waals surface area contributed by atoms with Crippen LogP contribution in [0.15, 0.2) is 97.1 Å². The van der Waals surface area contributed by atoms with Gasteiger partial charge in [0.15, 0.2) is 0 Å². The second-order valence-corrected chi connectivity index (χ2v) is 8.12. The molecule has 3 aliphatic rings. The number of benzene rings is 3.